The summed E-state index contributed by atoms with van der Waals surface area (Å²) in [5.74, 6) is -2.25. The molecule has 0 radical (unpaired) electrons. The molecular weight excluding hydrogens is 636 g/mol. The molecule has 1 aliphatic heterocycles. The summed E-state index contributed by atoms with van der Waals surface area (Å²) in [7, 11) is 1.33. The van der Waals surface area contributed by atoms with Gasteiger partial charge in [0.25, 0.3) is 5.91 Å². The van der Waals surface area contributed by atoms with Gasteiger partial charge in [-0.2, -0.15) is 18.3 Å². The standard InChI is InChI=1S/C34H36F4N4O6/c1-19-10-26(39-18-33(47,34(36,37)38)17-32(2,3)25-13-21(35)8-9-29(25)48-4)24-15-40-42(27(24)11-19)22-7-5-6-20(12-22)30(44)41-16-23(43)14-28(41)31(45)46/h5-13,15,23,28,39,43,47H,14,16-18H2,1-4H3,(H,45,46)/t23-,28+,33?/m1/s1/i43D. The van der Waals surface area contributed by atoms with Gasteiger partial charge in [0.05, 0.1) is 37.2 Å². The Morgan fingerprint density at radius 2 is 1.90 bits per heavy atom. The highest BCUT2D eigenvalue weighted by molar-refractivity contribution is 5.98. The lowest BCUT2D eigenvalue weighted by molar-refractivity contribution is -0.260. The number of aliphatic hydroxyl groups is 2. The Kier molecular flexibility index (Phi) is 8.81. The smallest absolute Gasteiger partial charge is 0.418 e. The molecule has 10 nitrogen and oxygen atoms in total. The first-order chi connectivity index (χ1) is 23.0. The molecule has 4 aromatic rings. The van der Waals surface area contributed by atoms with E-state index in [4.69, 9.17) is 6.17 Å². The maximum absolute atomic E-state index is 14.6. The van der Waals surface area contributed by atoms with Gasteiger partial charge < -0.3 is 30.3 Å². The van der Waals surface area contributed by atoms with Gasteiger partial charge in [-0.05, 0) is 72.9 Å². The molecule has 14 heteroatoms. The number of hydrogen-bond donors (Lipinski definition) is 4. The number of amides is 1. The molecule has 1 saturated heterocycles. The zero-order valence-corrected chi connectivity index (χ0v) is 26.6. The van der Waals surface area contributed by atoms with Gasteiger partial charge in [0.1, 0.15) is 17.6 Å². The SMILES string of the molecule is [2H]O[C@@H]1C[C@@H](C(=O)O)N(C(=O)c2cccc(-n3ncc4c(NCC(O)(CC(C)(C)c5cc(F)ccc5OC)C(F)(F)F)cc(C)cc43)c2)C1. The molecule has 5 rings (SSSR count). The van der Waals surface area contributed by atoms with Crippen molar-refractivity contribution >= 4 is 28.5 Å². The molecule has 48 heavy (non-hydrogen) atoms. The van der Waals surface area contributed by atoms with Crippen molar-refractivity contribution in [3.05, 3.63) is 83.3 Å². The van der Waals surface area contributed by atoms with E-state index in [1.807, 2.05) is 0 Å². The quantitative estimate of drug-likeness (QED) is 0.159. The van der Waals surface area contributed by atoms with Crippen LogP contribution in [0.3, 0.4) is 0 Å². The number of hydrogen-bond acceptors (Lipinski definition) is 7. The predicted molar refractivity (Wildman–Crippen MR) is 169 cm³/mol. The fraction of sp³-hybridized carbons (Fsp3) is 0.382. The first-order valence-electron chi connectivity index (χ1n) is 15.5. The van der Waals surface area contributed by atoms with E-state index in [0.29, 0.717) is 22.2 Å². The van der Waals surface area contributed by atoms with E-state index < -0.39 is 60.0 Å². The van der Waals surface area contributed by atoms with Crippen LogP contribution in [0.2, 0.25) is 0 Å². The molecule has 0 bridgehead atoms. The Hall–Kier alpha value is -4.69. The third-order valence-corrected chi connectivity index (χ3v) is 8.70. The van der Waals surface area contributed by atoms with E-state index in [0.717, 1.165) is 17.0 Å². The van der Waals surface area contributed by atoms with E-state index in [-0.39, 0.29) is 35.5 Å². The highest BCUT2D eigenvalue weighted by atomic mass is 19.4. The number of nitrogens with zero attached hydrogens (tertiary/aromatic N) is 3. The predicted octanol–water partition coefficient (Wildman–Crippen LogP) is 5.21. The number of ether oxygens (including phenoxy) is 1. The second-order valence-electron chi connectivity index (χ2n) is 12.8. The molecule has 1 unspecified atom stereocenters. The largest absolute Gasteiger partial charge is 0.496 e. The molecule has 1 fully saturated rings. The lowest BCUT2D eigenvalue weighted by atomic mass is 9.74. The number of β-amino-alcohol motifs (C(OH)–C–C–N with tert-alkyl or cyclic N) is 1. The number of carbonyl (C=O) groups excluding carboxylic acids is 1. The average molecular weight is 674 g/mol. The van der Waals surface area contributed by atoms with E-state index in [9.17, 15) is 37.4 Å². The maximum Gasteiger partial charge on any atom is 0.418 e. The Morgan fingerprint density at radius 3 is 2.56 bits per heavy atom. The van der Waals surface area contributed by atoms with Crippen LogP contribution in [0.15, 0.2) is 60.8 Å². The number of benzene rings is 3. The van der Waals surface area contributed by atoms with Crippen LogP contribution in [0.5, 0.6) is 5.75 Å². The highest BCUT2D eigenvalue weighted by Gasteiger charge is 2.56. The Balaban J connectivity index is 1.44. The van der Waals surface area contributed by atoms with Crippen molar-refractivity contribution in [2.24, 2.45) is 0 Å². The minimum absolute atomic E-state index is 0.0247. The molecule has 256 valence electrons. The number of alkyl halides is 3. The number of halogens is 4. The van der Waals surface area contributed by atoms with Gasteiger partial charge in [-0.15, -0.1) is 0 Å². The number of carboxylic acid groups (broad SMARTS) is 1. The van der Waals surface area contributed by atoms with Crippen molar-refractivity contribution in [1.29, 1.82) is 1.43 Å². The molecule has 1 amide bonds. The number of rotatable bonds is 11. The van der Waals surface area contributed by atoms with E-state index in [2.05, 4.69) is 15.5 Å². The number of carboxylic acids is 1. The fourth-order valence-electron chi connectivity index (χ4n) is 6.35. The summed E-state index contributed by atoms with van der Waals surface area (Å²) in [6.07, 6.45) is -5.22. The van der Waals surface area contributed by atoms with E-state index in [1.54, 1.807) is 31.2 Å². The number of likely N-dealkylation sites (tertiary alicyclic amines) is 1. The molecule has 3 atom stereocenters. The van der Waals surface area contributed by atoms with Gasteiger partial charge in [0, 0.05) is 35.2 Å². The second-order valence-corrected chi connectivity index (χ2v) is 12.8. The van der Waals surface area contributed by atoms with Gasteiger partial charge in [-0.25, -0.2) is 13.9 Å². The molecule has 0 saturated carbocycles. The number of anilines is 1. The van der Waals surface area contributed by atoms with Crippen molar-refractivity contribution in [3.63, 3.8) is 0 Å². The summed E-state index contributed by atoms with van der Waals surface area (Å²) in [6, 6.07) is 12.1. The summed E-state index contributed by atoms with van der Waals surface area (Å²) in [6.45, 7) is 3.68. The van der Waals surface area contributed by atoms with Crippen molar-refractivity contribution in [3.8, 4) is 11.4 Å². The lowest BCUT2D eigenvalue weighted by Gasteiger charge is -2.38. The van der Waals surface area contributed by atoms with Crippen LogP contribution in [0, 0.1) is 12.7 Å². The third kappa shape index (κ3) is 6.67. The monoisotopic (exact) mass is 673 g/mol. The van der Waals surface area contributed by atoms with Crippen molar-refractivity contribution < 1.29 is 47.2 Å². The summed E-state index contributed by atoms with van der Waals surface area (Å²) in [5, 5.41) is 33.0. The minimum atomic E-state index is -5.07. The second kappa shape index (κ2) is 12.7. The molecular formula is C34H36F4N4O6. The number of nitrogens with one attached hydrogen (secondary N) is 1. The molecule has 0 aliphatic carbocycles. The first-order valence-corrected chi connectivity index (χ1v) is 15.1. The molecule has 1 aliphatic rings. The van der Waals surface area contributed by atoms with Crippen LogP contribution >= 0.6 is 0 Å². The van der Waals surface area contributed by atoms with Crippen molar-refractivity contribution in [1.82, 2.24) is 14.7 Å². The average Bonchev–Trinajstić information content (AvgIpc) is 3.68. The number of aromatic nitrogens is 2. The zero-order valence-electron chi connectivity index (χ0n) is 27.6. The number of aliphatic carboxylic acids is 1. The topological polar surface area (TPSA) is 137 Å². The van der Waals surface area contributed by atoms with Gasteiger partial charge in [-0.3, -0.25) is 4.79 Å². The van der Waals surface area contributed by atoms with Crippen LogP contribution in [0.25, 0.3) is 16.6 Å². The maximum atomic E-state index is 14.6. The van der Waals surface area contributed by atoms with E-state index in [1.165, 1.54) is 50.0 Å². The number of methoxy groups -OCH3 is 1. The Labute approximate surface area is 275 Å². The van der Waals surface area contributed by atoms with Gasteiger partial charge >= 0.3 is 12.1 Å². The van der Waals surface area contributed by atoms with Crippen molar-refractivity contribution in [2.75, 3.05) is 25.5 Å². The summed E-state index contributed by atoms with van der Waals surface area (Å²) in [4.78, 5) is 26.3. The highest BCUT2D eigenvalue weighted by Crippen LogP contribution is 2.44. The Morgan fingerprint density at radius 1 is 1.15 bits per heavy atom. The van der Waals surface area contributed by atoms with Crippen LogP contribution in [-0.4, -0.2) is 87.4 Å². The Bertz CT molecular complexity index is 1880. The summed E-state index contributed by atoms with van der Waals surface area (Å²) in [5.41, 5.74) is -2.45. The van der Waals surface area contributed by atoms with E-state index >= 15 is 0 Å². The van der Waals surface area contributed by atoms with Crippen LogP contribution in [-0.2, 0) is 10.2 Å². The van der Waals surface area contributed by atoms with Crippen LogP contribution in [0.4, 0.5) is 23.2 Å². The summed E-state index contributed by atoms with van der Waals surface area (Å²) >= 11 is 0. The number of aryl methyl sites for hydroxylation is 1. The molecule has 2 heterocycles. The number of aliphatic hydroxyl groups excluding tert-OH is 1. The van der Waals surface area contributed by atoms with Crippen molar-refractivity contribution in [2.45, 2.75) is 63.0 Å². The molecule has 0 spiro atoms. The normalized spacial score (nSPS) is 18.4. The summed E-state index contributed by atoms with van der Waals surface area (Å²) < 4.78 is 71.8. The van der Waals surface area contributed by atoms with Gasteiger partial charge in [-0.1, -0.05) is 19.9 Å². The zero-order chi connectivity index (χ0) is 35.9. The number of fused-ring (bicyclic) bond motifs is 1. The fourth-order valence-corrected chi connectivity index (χ4v) is 6.35. The van der Waals surface area contributed by atoms with Crippen LogP contribution in [0.1, 0.15) is 48.2 Å². The number of carbonyl (C=O) groups is 2. The molecule has 4 N–H and O–H groups in total. The lowest BCUT2D eigenvalue weighted by Crippen LogP contribution is -2.53. The van der Waals surface area contributed by atoms with Gasteiger partial charge in [0.15, 0.2) is 5.60 Å². The molecule has 3 aromatic carbocycles. The van der Waals surface area contributed by atoms with Crippen LogP contribution < -0.4 is 10.1 Å². The minimum Gasteiger partial charge on any atom is -0.496 e. The third-order valence-electron chi connectivity index (χ3n) is 8.70. The van der Waals surface area contributed by atoms with Gasteiger partial charge in [0.2, 0.25) is 1.43 Å². The first kappa shape index (κ1) is 33.2. The molecule has 1 aromatic heterocycles.